The van der Waals surface area contributed by atoms with Crippen LogP contribution in [0.5, 0.6) is 5.75 Å². The minimum Gasteiger partial charge on any atom is -0.487 e. The fourth-order valence-electron chi connectivity index (χ4n) is 5.79. The molecule has 0 saturated heterocycles. The van der Waals surface area contributed by atoms with E-state index in [0.29, 0.717) is 65.3 Å². The first-order chi connectivity index (χ1) is 31.8. The number of furan rings is 1. The Balaban J connectivity index is 0.000000356. The Bertz CT molecular complexity index is 2700. The number of aryl methyl sites for hydroxylation is 1. The van der Waals surface area contributed by atoms with E-state index in [1.165, 1.54) is 36.8 Å². The second-order valence-electron chi connectivity index (χ2n) is 15.2. The SMILES string of the molecule is CCCCCC(=O)O.CCCCCC(=O)O.CS(=O)(=O)CCNCc1ccc(-c2ccc3ncnc(Nc4ccc(OCc5cccc(F)c5)c(Cl)c4)c3c2)o1.Cc1ccc(S(=O)(=O)O)cc1. The summed E-state index contributed by atoms with van der Waals surface area (Å²) in [6, 6.07) is 27.0. The third kappa shape index (κ3) is 22.0. The number of ether oxygens (including phenoxy) is 1. The zero-order chi connectivity index (χ0) is 49.4. The van der Waals surface area contributed by atoms with Crippen molar-refractivity contribution in [2.75, 3.05) is 23.9 Å². The van der Waals surface area contributed by atoms with Crippen LogP contribution >= 0.6 is 11.6 Å². The molecule has 0 amide bonds. The van der Waals surface area contributed by atoms with Crippen LogP contribution in [0.2, 0.25) is 5.02 Å². The van der Waals surface area contributed by atoms with Crippen LogP contribution in [-0.4, -0.2) is 72.1 Å². The zero-order valence-electron chi connectivity index (χ0n) is 37.9. The molecule has 0 aliphatic carbocycles. The van der Waals surface area contributed by atoms with Crippen LogP contribution in [0.25, 0.3) is 22.2 Å². The molecule has 0 radical (unpaired) electrons. The third-order valence-electron chi connectivity index (χ3n) is 9.32. The van der Waals surface area contributed by atoms with E-state index in [-0.39, 0.29) is 23.1 Å². The van der Waals surface area contributed by atoms with Crippen molar-refractivity contribution in [3.8, 4) is 17.1 Å². The number of carbonyl (C=O) groups is 2. The summed E-state index contributed by atoms with van der Waals surface area (Å²) in [7, 11) is -7.04. The number of hydrogen-bond acceptors (Lipinski definition) is 12. The number of benzene rings is 4. The summed E-state index contributed by atoms with van der Waals surface area (Å²) < 4.78 is 77.3. The largest absolute Gasteiger partial charge is 0.487 e. The van der Waals surface area contributed by atoms with E-state index in [4.69, 9.17) is 35.5 Å². The highest BCUT2D eigenvalue weighted by Gasteiger charge is 2.12. The first-order valence-electron chi connectivity index (χ1n) is 21.4. The second-order valence-corrected chi connectivity index (χ2v) is 19.3. The van der Waals surface area contributed by atoms with Gasteiger partial charge in [-0.2, -0.15) is 8.42 Å². The van der Waals surface area contributed by atoms with Gasteiger partial charge in [0, 0.05) is 42.3 Å². The van der Waals surface area contributed by atoms with E-state index in [2.05, 4.69) is 34.4 Å². The maximum absolute atomic E-state index is 13.4. The standard InChI is InChI=1S/C29H26ClFN4O4S.C7H8O3S.2C6H12O2/c1-40(36,37)12-11-32-16-23-7-10-27(39-23)20-5-8-26-24(14-20)29(34-18-33-26)35-22-6-9-28(25(30)15-22)38-17-19-3-2-4-21(31)13-19;1-6-2-4-7(5-3-6)11(8,9)10;2*1-2-3-4-5-6(7)8/h2-10,13-15,18,32H,11-12,16-17H2,1H3,(H,33,34,35);2-5H,1H3,(H,8,9,10);2*2-5H2,1H3,(H,7,8). The molecule has 19 heteroatoms. The summed E-state index contributed by atoms with van der Waals surface area (Å²) in [6.45, 7) is 6.91. The van der Waals surface area contributed by atoms with Gasteiger partial charge in [-0.05, 0) is 98.1 Å². The lowest BCUT2D eigenvalue weighted by Gasteiger charge is -2.12. The van der Waals surface area contributed by atoms with E-state index >= 15 is 0 Å². The number of rotatable bonds is 20. The van der Waals surface area contributed by atoms with E-state index < -0.39 is 31.9 Å². The van der Waals surface area contributed by atoms with Gasteiger partial charge in [0.25, 0.3) is 10.1 Å². The van der Waals surface area contributed by atoms with Gasteiger partial charge < -0.3 is 30.0 Å². The molecule has 6 aromatic rings. The number of anilines is 2. The molecule has 0 aliphatic heterocycles. The van der Waals surface area contributed by atoms with Crippen LogP contribution in [0.4, 0.5) is 15.9 Å². The molecule has 2 heterocycles. The Labute approximate surface area is 396 Å². The van der Waals surface area contributed by atoms with Gasteiger partial charge in [-0.1, -0.05) is 81.0 Å². The van der Waals surface area contributed by atoms with Gasteiger partial charge in [-0.3, -0.25) is 14.1 Å². The summed E-state index contributed by atoms with van der Waals surface area (Å²) in [5, 5.41) is 23.8. The van der Waals surface area contributed by atoms with Crippen LogP contribution in [-0.2, 0) is 42.7 Å². The number of nitrogens with zero attached hydrogens (tertiary/aromatic N) is 2. The van der Waals surface area contributed by atoms with Gasteiger partial charge >= 0.3 is 11.9 Å². The number of halogens is 2. The van der Waals surface area contributed by atoms with Crippen molar-refractivity contribution in [3.63, 3.8) is 0 Å². The number of sulfone groups is 1. The zero-order valence-corrected chi connectivity index (χ0v) is 40.3. The van der Waals surface area contributed by atoms with E-state index in [1.807, 2.05) is 43.3 Å². The maximum atomic E-state index is 13.4. The molecule has 0 atom stereocenters. The normalized spacial score (nSPS) is 11.0. The number of nitrogens with one attached hydrogen (secondary N) is 2. The lowest BCUT2D eigenvalue weighted by molar-refractivity contribution is -0.138. The molecule has 5 N–H and O–H groups in total. The van der Waals surface area contributed by atoms with Crippen LogP contribution < -0.4 is 15.4 Å². The molecule has 67 heavy (non-hydrogen) atoms. The molecule has 362 valence electrons. The quantitative estimate of drug-likeness (QED) is 0.0353. The van der Waals surface area contributed by atoms with Crippen molar-refractivity contribution in [1.29, 1.82) is 0 Å². The third-order valence-corrected chi connectivity index (χ3v) is 11.4. The van der Waals surface area contributed by atoms with Crippen molar-refractivity contribution in [2.24, 2.45) is 0 Å². The van der Waals surface area contributed by atoms with Crippen LogP contribution in [0.15, 0.2) is 113 Å². The Kier molecular flexibility index (Phi) is 23.4. The van der Waals surface area contributed by atoms with Gasteiger partial charge in [0.05, 0.1) is 27.7 Å². The summed E-state index contributed by atoms with van der Waals surface area (Å²) in [4.78, 5) is 28.5. The summed E-state index contributed by atoms with van der Waals surface area (Å²) in [5.41, 5.74) is 3.95. The Morgan fingerprint density at radius 3 is 2.07 bits per heavy atom. The number of unbranched alkanes of at least 4 members (excludes halogenated alkanes) is 4. The first kappa shape index (κ1) is 55.4. The summed E-state index contributed by atoms with van der Waals surface area (Å²) in [6.07, 6.45) is 9.25. The highest BCUT2D eigenvalue weighted by atomic mass is 35.5. The number of hydrogen-bond donors (Lipinski definition) is 5. The highest BCUT2D eigenvalue weighted by Crippen LogP contribution is 2.33. The van der Waals surface area contributed by atoms with Gasteiger partial charge in [0.2, 0.25) is 0 Å². The molecular weight excluding hydrogens is 927 g/mol. The smallest absolute Gasteiger partial charge is 0.303 e. The molecular formula is C48H58ClFN4O11S2. The molecule has 0 spiro atoms. The van der Waals surface area contributed by atoms with E-state index in [0.717, 1.165) is 60.6 Å². The molecule has 4 aromatic carbocycles. The fraction of sp³-hybridized carbons (Fsp3) is 0.333. The molecule has 6 rings (SSSR count). The van der Waals surface area contributed by atoms with E-state index in [1.54, 1.807) is 36.4 Å². The molecule has 0 fully saturated rings. The molecule has 0 saturated carbocycles. The summed E-state index contributed by atoms with van der Waals surface area (Å²) >= 11 is 6.47. The van der Waals surface area contributed by atoms with Gasteiger partial charge in [-0.15, -0.1) is 0 Å². The van der Waals surface area contributed by atoms with Crippen molar-refractivity contribution >= 4 is 65.9 Å². The topological polar surface area (TPSA) is 235 Å². The first-order valence-corrected chi connectivity index (χ1v) is 25.3. The average Bonchev–Trinajstić information content (AvgIpc) is 3.74. The molecule has 15 nitrogen and oxygen atoms in total. The highest BCUT2D eigenvalue weighted by molar-refractivity contribution is 7.90. The van der Waals surface area contributed by atoms with Gasteiger partial charge in [0.15, 0.2) is 0 Å². The van der Waals surface area contributed by atoms with Crippen molar-refractivity contribution < 1.29 is 54.7 Å². The minimum absolute atomic E-state index is 0.0664. The van der Waals surface area contributed by atoms with Crippen LogP contribution in [0.1, 0.15) is 82.1 Å². The fourth-order valence-corrected chi connectivity index (χ4v) is 7.02. The Hall–Kier alpha value is -5.92. The second kappa shape index (κ2) is 28.3. The van der Waals surface area contributed by atoms with Crippen molar-refractivity contribution in [3.05, 3.63) is 131 Å². The number of aromatic nitrogens is 2. The van der Waals surface area contributed by atoms with Gasteiger partial charge in [0.1, 0.15) is 51.7 Å². The molecule has 0 aliphatic rings. The Morgan fingerprint density at radius 2 is 1.49 bits per heavy atom. The monoisotopic (exact) mass is 984 g/mol. The maximum Gasteiger partial charge on any atom is 0.303 e. The Morgan fingerprint density at radius 1 is 0.821 bits per heavy atom. The number of carboxylic acids is 2. The van der Waals surface area contributed by atoms with Crippen molar-refractivity contribution in [1.82, 2.24) is 15.3 Å². The summed E-state index contributed by atoms with van der Waals surface area (Å²) in [5.74, 6) is 0.809. The van der Waals surface area contributed by atoms with Crippen LogP contribution in [0, 0.1) is 12.7 Å². The van der Waals surface area contributed by atoms with Crippen LogP contribution in [0.3, 0.4) is 0 Å². The molecule has 2 aromatic heterocycles. The predicted molar refractivity (Wildman–Crippen MR) is 259 cm³/mol. The average molecular weight is 986 g/mol. The predicted octanol–water partition coefficient (Wildman–Crippen LogP) is 10.7. The lowest BCUT2D eigenvalue weighted by atomic mass is 10.1. The minimum atomic E-state index is -4.02. The van der Waals surface area contributed by atoms with Gasteiger partial charge in [-0.25, -0.2) is 22.8 Å². The lowest BCUT2D eigenvalue weighted by Crippen LogP contribution is -2.21. The number of carboxylic acid groups (broad SMARTS) is 2. The number of aliphatic carboxylic acids is 2. The van der Waals surface area contributed by atoms with Crippen molar-refractivity contribution in [2.45, 2.75) is 90.2 Å². The van der Waals surface area contributed by atoms with E-state index in [9.17, 15) is 30.8 Å². The molecule has 0 unspecified atom stereocenters. The number of fused-ring (bicyclic) bond motifs is 1. The molecule has 0 bridgehead atoms.